The van der Waals surface area contributed by atoms with Crippen LogP contribution in [-0.4, -0.2) is 19.8 Å². The van der Waals surface area contributed by atoms with Gasteiger partial charge in [0.2, 0.25) is 0 Å². The molecule has 5 nitrogen and oxygen atoms in total. The average Bonchev–Trinajstić information content (AvgIpc) is 2.68. The van der Waals surface area contributed by atoms with Crippen LogP contribution in [-0.2, 0) is 19.4 Å². The van der Waals surface area contributed by atoms with Crippen molar-refractivity contribution in [2.75, 3.05) is 0 Å². The zero-order chi connectivity index (χ0) is 11.1. The molecular weight excluding hydrogens is 202 g/mol. The van der Waals surface area contributed by atoms with Gasteiger partial charge in [-0.15, -0.1) is 10.2 Å². The Morgan fingerprint density at radius 3 is 3.19 bits per heavy atom. The van der Waals surface area contributed by atoms with Gasteiger partial charge in [-0.3, -0.25) is 0 Å². The van der Waals surface area contributed by atoms with E-state index in [1.165, 1.54) is 17.7 Å². The number of aromatic nitrogens is 4. The van der Waals surface area contributed by atoms with E-state index in [1.807, 2.05) is 0 Å². The highest BCUT2D eigenvalue weighted by Gasteiger charge is 2.18. The minimum atomic E-state index is 0.378. The van der Waals surface area contributed by atoms with Crippen LogP contribution in [0.2, 0.25) is 0 Å². The summed E-state index contributed by atoms with van der Waals surface area (Å²) in [7, 11) is 0. The molecule has 0 bridgehead atoms. The lowest BCUT2D eigenvalue weighted by Gasteiger charge is -2.20. The highest BCUT2D eigenvalue weighted by Crippen LogP contribution is 2.24. The first kappa shape index (κ1) is 9.72. The van der Waals surface area contributed by atoms with E-state index >= 15 is 0 Å². The number of nitrogens with two attached hydrogens (primary N) is 1. The zero-order valence-electron chi connectivity index (χ0n) is 9.35. The summed E-state index contributed by atoms with van der Waals surface area (Å²) in [6, 6.07) is 2.10. The first-order valence-electron chi connectivity index (χ1n) is 5.71. The molecule has 0 radical (unpaired) electrons. The predicted molar refractivity (Wildman–Crippen MR) is 59.9 cm³/mol. The maximum atomic E-state index is 5.60. The van der Waals surface area contributed by atoms with Gasteiger partial charge < -0.3 is 5.73 Å². The van der Waals surface area contributed by atoms with Gasteiger partial charge in [0.25, 0.3) is 0 Å². The molecule has 0 fully saturated rings. The van der Waals surface area contributed by atoms with Crippen molar-refractivity contribution in [3.63, 3.8) is 0 Å². The van der Waals surface area contributed by atoms with Crippen molar-refractivity contribution in [3.8, 4) is 0 Å². The second-order valence-electron chi connectivity index (χ2n) is 4.55. The Balaban J connectivity index is 2.17. The molecule has 1 atom stereocenters. The van der Waals surface area contributed by atoms with Crippen molar-refractivity contribution in [1.29, 1.82) is 0 Å². The topological polar surface area (TPSA) is 69.1 Å². The van der Waals surface area contributed by atoms with Crippen molar-refractivity contribution < 1.29 is 0 Å². The fourth-order valence-corrected chi connectivity index (χ4v) is 2.32. The van der Waals surface area contributed by atoms with E-state index in [1.54, 1.807) is 4.52 Å². The molecule has 1 unspecified atom stereocenters. The van der Waals surface area contributed by atoms with Crippen LogP contribution >= 0.6 is 0 Å². The standard InChI is InChI=1S/C11H15N5/c1-7-2-3-9-8(4-7)5-10-13-14-11(6-12)16(10)15-9/h5,7H,2-4,6,12H2,1H3. The number of hydrogen-bond donors (Lipinski definition) is 1. The molecule has 5 heteroatoms. The van der Waals surface area contributed by atoms with Crippen LogP contribution in [0, 0.1) is 5.92 Å². The summed E-state index contributed by atoms with van der Waals surface area (Å²) in [6.07, 6.45) is 3.36. The van der Waals surface area contributed by atoms with Gasteiger partial charge >= 0.3 is 0 Å². The third-order valence-corrected chi connectivity index (χ3v) is 3.25. The molecule has 0 saturated heterocycles. The van der Waals surface area contributed by atoms with Crippen molar-refractivity contribution in [1.82, 2.24) is 19.8 Å². The molecule has 0 saturated carbocycles. The van der Waals surface area contributed by atoms with Gasteiger partial charge in [0.05, 0.1) is 12.2 Å². The largest absolute Gasteiger partial charge is 0.324 e. The van der Waals surface area contributed by atoms with Crippen molar-refractivity contribution >= 4 is 5.65 Å². The Hall–Kier alpha value is -1.49. The van der Waals surface area contributed by atoms with Crippen molar-refractivity contribution in [2.45, 2.75) is 32.7 Å². The maximum absolute atomic E-state index is 5.60. The quantitative estimate of drug-likeness (QED) is 0.763. The lowest BCUT2D eigenvalue weighted by atomic mass is 9.88. The number of nitrogens with zero attached hydrogens (tertiary/aromatic N) is 4. The molecule has 3 rings (SSSR count). The molecule has 0 aliphatic heterocycles. The summed E-state index contributed by atoms with van der Waals surface area (Å²) in [4.78, 5) is 0. The van der Waals surface area contributed by atoms with Crippen LogP contribution in [0.5, 0.6) is 0 Å². The SMILES string of the molecule is CC1CCc2nn3c(CN)nnc3cc2C1. The fourth-order valence-electron chi connectivity index (χ4n) is 2.32. The van der Waals surface area contributed by atoms with Crippen LogP contribution in [0.25, 0.3) is 5.65 Å². The van der Waals surface area contributed by atoms with Crippen LogP contribution in [0.3, 0.4) is 0 Å². The molecule has 0 amide bonds. The fraction of sp³-hybridized carbons (Fsp3) is 0.545. The molecule has 16 heavy (non-hydrogen) atoms. The molecule has 2 heterocycles. The second-order valence-corrected chi connectivity index (χ2v) is 4.55. The normalized spacial score (nSPS) is 20.0. The summed E-state index contributed by atoms with van der Waals surface area (Å²) in [6.45, 7) is 2.66. The van der Waals surface area contributed by atoms with Crippen molar-refractivity contribution in [2.24, 2.45) is 11.7 Å². The molecular formula is C11H15N5. The van der Waals surface area contributed by atoms with Gasteiger partial charge in [-0.2, -0.15) is 9.61 Å². The number of rotatable bonds is 1. The van der Waals surface area contributed by atoms with E-state index in [2.05, 4.69) is 28.3 Å². The maximum Gasteiger partial charge on any atom is 0.178 e. The zero-order valence-corrected chi connectivity index (χ0v) is 9.35. The lowest BCUT2D eigenvalue weighted by molar-refractivity contribution is 0.488. The Labute approximate surface area is 93.7 Å². The van der Waals surface area contributed by atoms with E-state index in [9.17, 15) is 0 Å². The van der Waals surface area contributed by atoms with Crippen LogP contribution in [0.4, 0.5) is 0 Å². The van der Waals surface area contributed by atoms with Crippen molar-refractivity contribution in [3.05, 3.63) is 23.1 Å². The van der Waals surface area contributed by atoms with Crippen LogP contribution in [0.1, 0.15) is 30.4 Å². The first-order valence-corrected chi connectivity index (χ1v) is 5.71. The number of hydrogen-bond acceptors (Lipinski definition) is 4. The van der Waals surface area contributed by atoms with E-state index < -0.39 is 0 Å². The Morgan fingerprint density at radius 1 is 1.50 bits per heavy atom. The molecule has 2 aromatic rings. The molecule has 0 aromatic carbocycles. The lowest BCUT2D eigenvalue weighted by Crippen LogP contribution is -2.16. The molecule has 1 aliphatic rings. The minimum Gasteiger partial charge on any atom is -0.324 e. The molecule has 2 N–H and O–H groups in total. The highest BCUT2D eigenvalue weighted by molar-refractivity contribution is 5.42. The monoisotopic (exact) mass is 217 g/mol. The predicted octanol–water partition coefficient (Wildman–Crippen LogP) is 0.708. The average molecular weight is 217 g/mol. The summed E-state index contributed by atoms with van der Waals surface area (Å²) in [5, 5.41) is 12.7. The highest BCUT2D eigenvalue weighted by atomic mass is 15.4. The summed E-state index contributed by atoms with van der Waals surface area (Å²) >= 11 is 0. The van der Waals surface area contributed by atoms with Gasteiger partial charge in [0, 0.05) is 0 Å². The molecule has 0 spiro atoms. The Morgan fingerprint density at radius 2 is 2.38 bits per heavy atom. The summed E-state index contributed by atoms with van der Waals surface area (Å²) in [5.41, 5.74) is 8.91. The third-order valence-electron chi connectivity index (χ3n) is 3.25. The van der Waals surface area contributed by atoms with Gasteiger partial charge in [0.15, 0.2) is 11.5 Å². The molecule has 1 aliphatic carbocycles. The Kier molecular flexibility index (Phi) is 2.14. The minimum absolute atomic E-state index is 0.378. The van der Waals surface area contributed by atoms with E-state index in [-0.39, 0.29) is 0 Å². The van der Waals surface area contributed by atoms with E-state index in [4.69, 9.17) is 5.73 Å². The van der Waals surface area contributed by atoms with Crippen LogP contribution in [0.15, 0.2) is 6.07 Å². The van der Waals surface area contributed by atoms with E-state index in [0.29, 0.717) is 6.54 Å². The number of aryl methyl sites for hydroxylation is 1. The van der Waals surface area contributed by atoms with Gasteiger partial charge in [0.1, 0.15) is 0 Å². The first-order chi connectivity index (χ1) is 7.78. The summed E-state index contributed by atoms with van der Waals surface area (Å²) < 4.78 is 1.77. The molecule has 84 valence electrons. The molecule has 2 aromatic heterocycles. The van der Waals surface area contributed by atoms with Crippen LogP contribution < -0.4 is 5.73 Å². The van der Waals surface area contributed by atoms with Gasteiger partial charge in [-0.25, -0.2) is 0 Å². The van der Waals surface area contributed by atoms with E-state index in [0.717, 1.165) is 30.2 Å². The second kappa shape index (κ2) is 3.52. The number of fused-ring (bicyclic) bond motifs is 2. The third kappa shape index (κ3) is 1.39. The van der Waals surface area contributed by atoms with Gasteiger partial charge in [-0.05, 0) is 36.8 Å². The smallest absolute Gasteiger partial charge is 0.178 e. The van der Waals surface area contributed by atoms with Gasteiger partial charge in [-0.1, -0.05) is 6.92 Å². The Bertz CT molecular complexity index is 530. The summed E-state index contributed by atoms with van der Waals surface area (Å²) in [5.74, 6) is 1.48.